The molecule has 5 nitrogen and oxygen atoms in total. The Morgan fingerprint density at radius 3 is 2.89 bits per heavy atom. The number of fused-ring (bicyclic) bond motifs is 1. The third kappa shape index (κ3) is 3.19. The largest absolute Gasteiger partial charge is 0.383 e. The molecule has 0 radical (unpaired) electrons. The van der Waals surface area contributed by atoms with Gasteiger partial charge in [0.2, 0.25) is 0 Å². The van der Waals surface area contributed by atoms with Crippen molar-refractivity contribution in [3.05, 3.63) is 40.3 Å². The topological polar surface area (TPSA) is 56.1 Å². The number of aryl methyl sites for hydroxylation is 1. The molecular weight excluding hydrogens is 242 g/mol. The third-order valence-electron chi connectivity index (χ3n) is 3.01. The Hall–Kier alpha value is -1.72. The van der Waals surface area contributed by atoms with E-state index in [-0.39, 0.29) is 5.56 Å². The van der Waals surface area contributed by atoms with Crippen LogP contribution in [0.1, 0.15) is 5.69 Å². The van der Waals surface area contributed by atoms with Crippen molar-refractivity contribution in [1.29, 1.82) is 0 Å². The second kappa shape index (κ2) is 6.45. The van der Waals surface area contributed by atoms with Gasteiger partial charge in [0.15, 0.2) is 0 Å². The van der Waals surface area contributed by atoms with Crippen LogP contribution < -0.4 is 10.9 Å². The summed E-state index contributed by atoms with van der Waals surface area (Å²) >= 11 is 0. The van der Waals surface area contributed by atoms with Crippen molar-refractivity contribution in [2.24, 2.45) is 0 Å². The van der Waals surface area contributed by atoms with E-state index < -0.39 is 0 Å². The normalized spacial score (nSPS) is 11.1. The van der Waals surface area contributed by atoms with Crippen LogP contribution in [0.5, 0.6) is 0 Å². The average Bonchev–Trinajstić information content (AvgIpc) is 2.42. The van der Waals surface area contributed by atoms with Gasteiger partial charge in [0, 0.05) is 26.7 Å². The van der Waals surface area contributed by atoms with Crippen LogP contribution in [0.25, 0.3) is 11.0 Å². The van der Waals surface area contributed by atoms with Crippen LogP contribution in [0.2, 0.25) is 0 Å². The summed E-state index contributed by atoms with van der Waals surface area (Å²) in [6, 6.07) is 7.71. The molecule has 0 saturated carbocycles. The molecule has 0 amide bonds. The lowest BCUT2D eigenvalue weighted by atomic mass is 10.2. The first kappa shape index (κ1) is 13.7. The van der Waals surface area contributed by atoms with Gasteiger partial charge in [-0.05, 0) is 19.1 Å². The smallest absolute Gasteiger partial charge is 0.272 e. The number of para-hydroxylation sites is 2. The highest BCUT2D eigenvalue weighted by Gasteiger charge is 2.06. The number of ether oxygens (including phenoxy) is 1. The summed E-state index contributed by atoms with van der Waals surface area (Å²) in [5.41, 5.74) is 2.26. The Morgan fingerprint density at radius 1 is 1.32 bits per heavy atom. The lowest BCUT2D eigenvalue weighted by Crippen LogP contribution is -2.30. The molecule has 0 aliphatic heterocycles. The van der Waals surface area contributed by atoms with E-state index in [4.69, 9.17) is 4.74 Å². The van der Waals surface area contributed by atoms with Gasteiger partial charge in [-0.3, -0.25) is 4.79 Å². The van der Waals surface area contributed by atoms with Crippen LogP contribution >= 0.6 is 0 Å². The number of methoxy groups -OCH3 is 1. The highest BCUT2D eigenvalue weighted by Crippen LogP contribution is 2.09. The summed E-state index contributed by atoms with van der Waals surface area (Å²) < 4.78 is 6.74. The molecule has 102 valence electrons. The summed E-state index contributed by atoms with van der Waals surface area (Å²) in [5.74, 6) is 0. The van der Waals surface area contributed by atoms with Crippen molar-refractivity contribution < 1.29 is 4.74 Å². The molecule has 2 rings (SSSR count). The van der Waals surface area contributed by atoms with Gasteiger partial charge in [0.05, 0.1) is 17.6 Å². The zero-order valence-corrected chi connectivity index (χ0v) is 11.3. The Morgan fingerprint density at radius 2 is 2.11 bits per heavy atom. The minimum Gasteiger partial charge on any atom is -0.383 e. The van der Waals surface area contributed by atoms with Gasteiger partial charge in [0.1, 0.15) is 5.69 Å². The van der Waals surface area contributed by atoms with Crippen molar-refractivity contribution in [2.75, 3.05) is 26.8 Å². The first-order valence-electron chi connectivity index (χ1n) is 6.40. The molecule has 0 fully saturated rings. The Kier molecular flexibility index (Phi) is 4.65. The van der Waals surface area contributed by atoms with Crippen LogP contribution in [0, 0.1) is 6.92 Å². The summed E-state index contributed by atoms with van der Waals surface area (Å²) in [4.78, 5) is 16.5. The van der Waals surface area contributed by atoms with Crippen LogP contribution in [0.3, 0.4) is 0 Å². The molecule has 1 aromatic carbocycles. The fourth-order valence-electron chi connectivity index (χ4n) is 2.03. The number of hydrogen-bond donors (Lipinski definition) is 1. The lowest BCUT2D eigenvalue weighted by molar-refractivity contribution is 0.199. The Labute approximate surface area is 112 Å². The van der Waals surface area contributed by atoms with Crippen molar-refractivity contribution in [1.82, 2.24) is 14.9 Å². The van der Waals surface area contributed by atoms with E-state index >= 15 is 0 Å². The lowest BCUT2D eigenvalue weighted by Gasteiger charge is -2.11. The molecule has 0 unspecified atom stereocenters. The fraction of sp³-hybridized carbons (Fsp3) is 0.429. The molecule has 0 spiro atoms. The van der Waals surface area contributed by atoms with Crippen LogP contribution in [0.4, 0.5) is 0 Å². The summed E-state index contributed by atoms with van der Waals surface area (Å²) in [5, 5.41) is 3.24. The first-order chi connectivity index (χ1) is 9.24. The number of aromatic nitrogens is 2. The van der Waals surface area contributed by atoms with Crippen molar-refractivity contribution in [3.63, 3.8) is 0 Å². The minimum atomic E-state index is -0.0211. The number of hydrogen-bond acceptors (Lipinski definition) is 4. The zero-order chi connectivity index (χ0) is 13.7. The van der Waals surface area contributed by atoms with E-state index in [9.17, 15) is 4.79 Å². The molecule has 5 heteroatoms. The molecule has 0 aliphatic rings. The Bertz CT molecular complexity index is 607. The molecule has 0 aliphatic carbocycles. The van der Waals surface area contributed by atoms with E-state index in [0.29, 0.717) is 18.8 Å². The predicted octanol–water partition coefficient (Wildman–Crippen LogP) is 0.941. The minimum absolute atomic E-state index is 0.0211. The fourth-order valence-corrected chi connectivity index (χ4v) is 2.03. The van der Waals surface area contributed by atoms with Gasteiger partial charge in [-0.1, -0.05) is 12.1 Å². The van der Waals surface area contributed by atoms with Crippen LogP contribution in [-0.4, -0.2) is 36.4 Å². The quantitative estimate of drug-likeness (QED) is 0.786. The maximum absolute atomic E-state index is 12.2. The monoisotopic (exact) mass is 261 g/mol. The predicted molar refractivity (Wildman–Crippen MR) is 75.5 cm³/mol. The molecule has 0 bridgehead atoms. The Balaban J connectivity index is 2.21. The van der Waals surface area contributed by atoms with E-state index in [0.717, 1.165) is 24.1 Å². The number of benzene rings is 1. The third-order valence-corrected chi connectivity index (χ3v) is 3.01. The average molecular weight is 261 g/mol. The van der Waals surface area contributed by atoms with E-state index in [1.807, 2.05) is 24.3 Å². The zero-order valence-electron chi connectivity index (χ0n) is 11.3. The maximum Gasteiger partial charge on any atom is 0.272 e. The van der Waals surface area contributed by atoms with Crippen molar-refractivity contribution in [3.8, 4) is 0 Å². The van der Waals surface area contributed by atoms with Gasteiger partial charge >= 0.3 is 0 Å². The molecule has 0 atom stereocenters. The molecule has 0 saturated heterocycles. The first-order valence-corrected chi connectivity index (χ1v) is 6.40. The summed E-state index contributed by atoms with van der Waals surface area (Å²) in [6.07, 6.45) is 0. The van der Waals surface area contributed by atoms with Gasteiger partial charge in [-0.15, -0.1) is 0 Å². The van der Waals surface area contributed by atoms with E-state index in [1.165, 1.54) is 0 Å². The maximum atomic E-state index is 12.2. The SMILES string of the molecule is COCCNCCn1c(=O)c(C)nc2ccccc21. The van der Waals surface area contributed by atoms with Crippen molar-refractivity contribution in [2.45, 2.75) is 13.5 Å². The number of rotatable bonds is 6. The summed E-state index contributed by atoms with van der Waals surface area (Å²) in [6.45, 7) is 4.57. The molecule has 1 aromatic heterocycles. The molecule has 1 N–H and O–H groups in total. The molecule has 1 heterocycles. The number of nitrogens with zero attached hydrogens (tertiary/aromatic N) is 2. The van der Waals surface area contributed by atoms with Gasteiger partial charge in [0.25, 0.3) is 5.56 Å². The van der Waals surface area contributed by atoms with Gasteiger partial charge < -0.3 is 14.6 Å². The molecule has 19 heavy (non-hydrogen) atoms. The van der Waals surface area contributed by atoms with Crippen LogP contribution in [0.15, 0.2) is 29.1 Å². The second-order valence-electron chi connectivity index (χ2n) is 4.39. The van der Waals surface area contributed by atoms with Crippen molar-refractivity contribution >= 4 is 11.0 Å². The van der Waals surface area contributed by atoms with Gasteiger partial charge in [-0.25, -0.2) is 4.98 Å². The summed E-state index contributed by atoms with van der Waals surface area (Å²) in [7, 11) is 1.67. The highest BCUT2D eigenvalue weighted by atomic mass is 16.5. The second-order valence-corrected chi connectivity index (χ2v) is 4.39. The standard InChI is InChI=1S/C14H19N3O2/c1-11-14(18)17(9-7-15-8-10-19-2)13-6-4-3-5-12(13)16-11/h3-6,15H,7-10H2,1-2H3. The van der Waals surface area contributed by atoms with E-state index in [2.05, 4.69) is 10.3 Å². The molecule has 2 aromatic rings. The van der Waals surface area contributed by atoms with Gasteiger partial charge in [-0.2, -0.15) is 0 Å². The molecular formula is C14H19N3O2. The highest BCUT2D eigenvalue weighted by molar-refractivity contribution is 5.74. The number of nitrogens with one attached hydrogen (secondary N) is 1. The van der Waals surface area contributed by atoms with Crippen LogP contribution in [-0.2, 0) is 11.3 Å². The van der Waals surface area contributed by atoms with E-state index in [1.54, 1.807) is 18.6 Å².